The molecule has 0 aromatic heterocycles. The number of fused-ring (bicyclic) bond motifs is 1. The lowest BCUT2D eigenvalue weighted by atomic mass is 10.0. The summed E-state index contributed by atoms with van der Waals surface area (Å²) in [5, 5.41) is 2.92. The first-order valence-corrected chi connectivity index (χ1v) is 11.9. The van der Waals surface area contributed by atoms with Crippen LogP contribution in [0.3, 0.4) is 0 Å². The quantitative estimate of drug-likeness (QED) is 0.577. The standard InChI is InChI=1S/C22H18F2N2O3S2/c23-15-6-10-17(11-7-15)31(28,29)26-16-8-4-14(5-9-16)22(27)25-20-12-13-30-21-18(20)2-1-3-19(21)24/h1-11,20,26H,12-13H2,(H,25,27)/t20-/m1/s1. The van der Waals surface area contributed by atoms with E-state index in [4.69, 9.17) is 0 Å². The highest BCUT2D eigenvalue weighted by Gasteiger charge is 2.25. The van der Waals surface area contributed by atoms with Crippen LogP contribution in [-0.4, -0.2) is 20.1 Å². The van der Waals surface area contributed by atoms with Crippen LogP contribution in [0.1, 0.15) is 28.4 Å². The van der Waals surface area contributed by atoms with Crippen LogP contribution in [0.4, 0.5) is 14.5 Å². The molecule has 2 N–H and O–H groups in total. The molecule has 0 unspecified atom stereocenters. The molecule has 0 bridgehead atoms. The van der Waals surface area contributed by atoms with Gasteiger partial charge in [0.2, 0.25) is 0 Å². The third kappa shape index (κ3) is 4.72. The van der Waals surface area contributed by atoms with Gasteiger partial charge in [-0.15, -0.1) is 11.8 Å². The van der Waals surface area contributed by atoms with E-state index in [0.29, 0.717) is 22.6 Å². The summed E-state index contributed by atoms with van der Waals surface area (Å²) < 4.78 is 54.2. The lowest BCUT2D eigenvalue weighted by molar-refractivity contribution is 0.0934. The second-order valence-electron chi connectivity index (χ2n) is 6.96. The minimum atomic E-state index is -3.88. The van der Waals surface area contributed by atoms with Gasteiger partial charge in [0.1, 0.15) is 11.6 Å². The number of amides is 1. The number of sulfonamides is 1. The fourth-order valence-electron chi connectivity index (χ4n) is 3.30. The second-order valence-corrected chi connectivity index (χ2v) is 9.75. The van der Waals surface area contributed by atoms with Crippen molar-refractivity contribution in [2.24, 2.45) is 0 Å². The molecule has 5 nitrogen and oxygen atoms in total. The molecule has 0 radical (unpaired) electrons. The molecule has 1 aliphatic rings. The van der Waals surface area contributed by atoms with Crippen molar-refractivity contribution in [1.82, 2.24) is 5.32 Å². The predicted molar refractivity (Wildman–Crippen MR) is 116 cm³/mol. The summed E-state index contributed by atoms with van der Waals surface area (Å²) in [4.78, 5) is 13.2. The molecule has 3 aromatic rings. The number of anilines is 1. The van der Waals surface area contributed by atoms with Crippen LogP contribution < -0.4 is 10.0 Å². The van der Waals surface area contributed by atoms with Crippen molar-refractivity contribution in [3.8, 4) is 0 Å². The summed E-state index contributed by atoms with van der Waals surface area (Å²) >= 11 is 1.44. The molecular formula is C22H18F2N2O3S2. The van der Waals surface area contributed by atoms with Gasteiger partial charge in [-0.2, -0.15) is 0 Å². The highest BCUT2D eigenvalue weighted by Crippen LogP contribution is 2.37. The van der Waals surface area contributed by atoms with Gasteiger partial charge in [0.05, 0.1) is 10.9 Å². The van der Waals surface area contributed by atoms with Crippen LogP contribution in [0.25, 0.3) is 0 Å². The average molecular weight is 461 g/mol. The SMILES string of the molecule is O=C(N[C@@H]1CCSc2c(F)cccc21)c1ccc(NS(=O)(=O)c2ccc(F)cc2)cc1. The van der Waals surface area contributed by atoms with Crippen LogP contribution in [-0.2, 0) is 10.0 Å². The zero-order valence-electron chi connectivity index (χ0n) is 16.1. The van der Waals surface area contributed by atoms with Gasteiger partial charge in [-0.1, -0.05) is 12.1 Å². The summed E-state index contributed by atoms with van der Waals surface area (Å²) in [6.07, 6.45) is 0.683. The average Bonchev–Trinajstić information content (AvgIpc) is 2.75. The van der Waals surface area contributed by atoms with E-state index in [0.717, 1.165) is 17.7 Å². The molecule has 4 rings (SSSR count). The van der Waals surface area contributed by atoms with Crippen molar-refractivity contribution >= 4 is 33.4 Å². The number of carbonyl (C=O) groups excluding carboxylic acids is 1. The Labute approximate surface area is 182 Å². The number of nitrogens with one attached hydrogen (secondary N) is 2. The predicted octanol–water partition coefficient (Wildman–Crippen LogP) is 4.73. The Morgan fingerprint density at radius 3 is 2.39 bits per heavy atom. The highest BCUT2D eigenvalue weighted by molar-refractivity contribution is 7.99. The number of carbonyl (C=O) groups is 1. The molecule has 0 saturated heterocycles. The van der Waals surface area contributed by atoms with E-state index >= 15 is 0 Å². The molecule has 3 aromatic carbocycles. The summed E-state index contributed by atoms with van der Waals surface area (Å²) in [6, 6.07) is 15.0. The summed E-state index contributed by atoms with van der Waals surface area (Å²) in [5.74, 6) is -0.460. The normalized spacial score (nSPS) is 15.7. The van der Waals surface area contributed by atoms with E-state index in [-0.39, 0.29) is 28.3 Å². The van der Waals surface area contributed by atoms with Crippen molar-refractivity contribution in [3.63, 3.8) is 0 Å². The minimum Gasteiger partial charge on any atom is -0.345 e. The van der Waals surface area contributed by atoms with E-state index in [1.54, 1.807) is 6.07 Å². The number of hydrogen-bond donors (Lipinski definition) is 2. The van der Waals surface area contributed by atoms with E-state index < -0.39 is 15.8 Å². The molecule has 1 amide bonds. The van der Waals surface area contributed by atoms with Gasteiger partial charge in [0.15, 0.2) is 0 Å². The summed E-state index contributed by atoms with van der Waals surface area (Å²) in [5.41, 5.74) is 1.37. The maximum absolute atomic E-state index is 14.0. The van der Waals surface area contributed by atoms with E-state index in [2.05, 4.69) is 10.0 Å². The molecular weight excluding hydrogens is 442 g/mol. The van der Waals surface area contributed by atoms with Gasteiger partial charge in [-0.25, -0.2) is 17.2 Å². The lowest BCUT2D eigenvalue weighted by Gasteiger charge is -2.26. The topological polar surface area (TPSA) is 75.3 Å². The Hall–Kier alpha value is -2.91. The van der Waals surface area contributed by atoms with Crippen LogP contribution in [0, 0.1) is 11.6 Å². The fraction of sp³-hybridized carbons (Fsp3) is 0.136. The highest BCUT2D eigenvalue weighted by atomic mass is 32.2. The second kappa shape index (κ2) is 8.68. The van der Waals surface area contributed by atoms with Gasteiger partial charge in [-0.3, -0.25) is 9.52 Å². The zero-order valence-corrected chi connectivity index (χ0v) is 17.8. The molecule has 9 heteroatoms. The molecule has 160 valence electrons. The minimum absolute atomic E-state index is 0.0724. The van der Waals surface area contributed by atoms with E-state index in [1.165, 1.54) is 54.2 Å². The number of benzene rings is 3. The molecule has 0 aliphatic carbocycles. The molecule has 0 saturated carbocycles. The number of hydrogen-bond acceptors (Lipinski definition) is 4. The van der Waals surface area contributed by atoms with Crippen LogP contribution >= 0.6 is 11.8 Å². The lowest BCUT2D eigenvalue weighted by Crippen LogP contribution is -2.30. The van der Waals surface area contributed by atoms with Crippen LogP contribution in [0.15, 0.2) is 76.5 Å². The Kier molecular flexibility index (Phi) is 5.97. The monoisotopic (exact) mass is 460 g/mol. The van der Waals surface area contributed by atoms with Crippen molar-refractivity contribution in [3.05, 3.63) is 89.5 Å². The molecule has 0 fully saturated rings. The molecule has 0 spiro atoms. The van der Waals surface area contributed by atoms with E-state index in [9.17, 15) is 22.0 Å². The zero-order chi connectivity index (χ0) is 22.0. The van der Waals surface area contributed by atoms with Gasteiger partial charge in [0, 0.05) is 21.9 Å². The first-order chi connectivity index (χ1) is 14.8. The summed E-state index contributed by atoms with van der Waals surface area (Å²) in [6.45, 7) is 0. The molecule has 1 atom stereocenters. The third-order valence-corrected chi connectivity index (χ3v) is 7.41. The third-order valence-electron chi connectivity index (χ3n) is 4.85. The summed E-state index contributed by atoms with van der Waals surface area (Å²) in [7, 11) is -3.88. The smallest absolute Gasteiger partial charge is 0.261 e. The van der Waals surface area contributed by atoms with Crippen LogP contribution in [0.2, 0.25) is 0 Å². The Morgan fingerprint density at radius 2 is 1.68 bits per heavy atom. The van der Waals surface area contributed by atoms with Gasteiger partial charge in [-0.05, 0) is 66.6 Å². The van der Waals surface area contributed by atoms with E-state index in [1.807, 2.05) is 6.07 Å². The van der Waals surface area contributed by atoms with Crippen molar-refractivity contribution < 1.29 is 22.0 Å². The van der Waals surface area contributed by atoms with Gasteiger partial charge in [0.25, 0.3) is 15.9 Å². The fourth-order valence-corrected chi connectivity index (χ4v) is 5.49. The van der Waals surface area contributed by atoms with Gasteiger partial charge >= 0.3 is 0 Å². The number of halogens is 2. The maximum Gasteiger partial charge on any atom is 0.261 e. The Balaban J connectivity index is 1.46. The largest absolute Gasteiger partial charge is 0.345 e. The number of thioether (sulfide) groups is 1. The molecule has 1 heterocycles. The Morgan fingerprint density at radius 1 is 0.968 bits per heavy atom. The molecule has 1 aliphatic heterocycles. The van der Waals surface area contributed by atoms with Crippen molar-refractivity contribution in [1.29, 1.82) is 0 Å². The van der Waals surface area contributed by atoms with Crippen molar-refractivity contribution in [2.75, 3.05) is 10.5 Å². The Bertz CT molecular complexity index is 1210. The van der Waals surface area contributed by atoms with Crippen molar-refractivity contribution in [2.45, 2.75) is 22.3 Å². The first kappa shape index (κ1) is 21.3. The molecule has 31 heavy (non-hydrogen) atoms. The van der Waals surface area contributed by atoms with Gasteiger partial charge < -0.3 is 5.32 Å². The first-order valence-electron chi connectivity index (χ1n) is 9.44. The van der Waals surface area contributed by atoms with Crippen LogP contribution in [0.5, 0.6) is 0 Å². The number of rotatable bonds is 5. The maximum atomic E-state index is 14.0.